The molecule has 0 fully saturated rings. The Bertz CT molecular complexity index is 569. The van der Waals surface area contributed by atoms with Gasteiger partial charge in [0, 0.05) is 24.2 Å². The standard InChI is InChI=1S/C18H26N4/c1-4-6-12-19-17-13-16(15-10-8-7-9-11-15)21-18(22-17)20-14(3)5-2/h7-11,13-14H,4-6,12H2,1-3H3,(H2,19,20,21,22). The molecule has 0 aliphatic carbocycles. The van der Waals surface area contributed by atoms with Crippen LogP contribution in [-0.2, 0) is 0 Å². The number of benzene rings is 1. The smallest absolute Gasteiger partial charge is 0.225 e. The van der Waals surface area contributed by atoms with E-state index in [1.165, 1.54) is 6.42 Å². The lowest BCUT2D eigenvalue weighted by Crippen LogP contribution is -2.16. The van der Waals surface area contributed by atoms with Crippen molar-refractivity contribution in [2.24, 2.45) is 0 Å². The highest BCUT2D eigenvalue weighted by Crippen LogP contribution is 2.21. The van der Waals surface area contributed by atoms with Crippen LogP contribution in [0.25, 0.3) is 11.3 Å². The Morgan fingerprint density at radius 2 is 1.86 bits per heavy atom. The SMILES string of the molecule is CCCCNc1cc(-c2ccccc2)nc(NC(C)CC)n1. The third-order valence-corrected chi connectivity index (χ3v) is 3.62. The van der Waals surface area contributed by atoms with Crippen molar-refractivity contribution >= 4 is 11.8 Å². The maximum atomic E-state index is 4.66. The quantitative estimate of drug-likeness (QED) is 0.701. The Morgan fingerprint density at radius 1 is 1.09 bits per heavy atom. The van der Waals surface area contributed by atoms with Crippen molar-refractivity contribution in [1.82, 2.24) is 9.97 Å². The highest BCUT2D eigenvalue weighted by atomic mass is 15.2. The second-order valence-electron chi connectivity index (χ2n) is 5.56. The number of aromatic nitrogens is 2. The molecule has 2 N–H and O–H groups in total. The molecule has 2 aromatic rings. The average Bonchev–Trinajstić information content (AvgIpc) is 2.55. The first kappa shape index (κ1) is 16.3. The van der Waals surface area contributed by atoms with Crippen molar-refractivity contribution in [2.45, 2.75) is 46.1 Å². The van der Waals surface area contributed by atoms with E-state index in [4.69, 9.17) is 0 Å². The van der Waals surface area contributed by atoms with Crippen molar-refractivity contribution in [3.63, 3.8) is 0 Å². The van der Waals surface area contributed by atoms with Crippen LogP contribution in [0.5, 0.6) is 0 Å². The summed E-state index contributed by atoms with van der Waals surface area (Å²) >= 11 is 0. The Hall–Kier alpha value is -2.10. The van der Waals surface area contributed by atoms with Crippen LogP contribution in [0.4, 0.5) is 11.8 Å². The summed E-state index contributed by atoms with van der Waals surface area (Å²) in [7, 11) is 0. The number of unbranched alkanes of at least 4 members (excludes halogenated alkanes) is 1. The predicted molar refractivity (Wildman–Crippen MR) is 94.2 cm³/mol. The van der Waals surface area contributed by atoms with Gasteiger partial charge in [0.05, 0.1) is 5.69 Å². The average molecular weight is 298 g/mol. The second kappa shape index (κ2) is 8.37. The second-order valence-corrected chi connectivity index (χ2v) is 5.56. The summed E-state index contributed by atoms with van der Waals surface area (Å²) in [6.07, 6.45) is 3.35. The molecule has 1 atom stereocenters. The van der Waals surface area contributed by atoms with Gasteiger partial charge in [-0.2, -0.15) is 4.98 Å². The Labute approximate surface area is 133 Å². The van der Waals surface area contributed by atoms with E-state index in [0.717, 1.165) is 36.5 Å². The summed E-state index contributed by atoms with van der Waals surface area (Å²) in [5.41, 5.74) is 2.05. The van der Waals surface area contributed by atoms with Crippen LogP contribution in [-0.4, -0.2) is 22.6 Å². The molecule has 0 aliphatic heterocycles. The van der Waals surface area contributed by atoms with Crippen LogP contribution < -0.4 is 10.6 Å². The molecule has 0 spiro atoms. The van der Waals surface area contributed by atoms with E-state index in [9.17, 15) is 0 Å². The molecule has 0 saturated heterocycles. The zero-order valence-corrected chi connectivity index (χ0v) is 13.8. The van der Waals surface area contributed by atoms with Gasteiger partial charge in [0.15, 0.2) is 0 Å². The van der Waals surface area contributed by atoms with Crippen molar-refractivity contribution < 1.29 is 0 Å². The summed E-state index contributed by atoms with van der Waals surface area (Å²) in [4.78, 5) is 9.24. The third-order valence-electron chi connectivity index (χ3n) is 3.62. The van der Waals surface area contributed by atoms with Gasteiger partial charge in [-0.15, -0.1) is 0 Å². The molecule has 22 heavy (non-hydrogen) atoms. The minimum atomic E-state index is 0.356. The molecule has 2 rings (SSSR count). The highest BCUT2D eigenvalue weighted by Gasteiger charge is 2.08. The fraction of sp³-hybridized carbons (Fsp3) is 0.444. The van der Waals surface area contributed by atoms with E-state index in [1.807, 2.05) is 24.3 Å². The zero-order chi connectivity index (χ0) is 15.8. The Kier molecular flexibility index (Phi) is 6.19. The predicted octanol–water partition coefficient (Wildman–Crippen LogP) is 4.57. The van der Waals surface area contributed by atoms with Gasteiger partial charge in [-0.25, -0.2) is 4.98 Å². The van der Waals surface area contributed by atoms with Gasteiger partial charge in [-0.05, 0) is 19.8 Å². The molecule has 0 bridgehead atoms. The first-order valence-electron chi connectivity index (χ1n) is 8.17. The minimum Gasteiger partial charge on any atom is -0.370 e. The fourth-order valence-corrected chi connectivity index (χ4v) is 2.07. The largest absolute Gasteiger partial charge is 0.370 e. The van der Waals surface area contributed by atoms with E-state index < -0.39 is 0 Å². The van der Waals surface area contributed by atoms with Gasteiger partial charge in [0.2, 0.25) is 5.95 Å². The molecule has 1 heterocycles. The van der Waals surface area contributed by atoms with E-state index >= 15 is 0 Å². The van der Waals surface area contributed by atoms with Crippen LogP contribution >= 0.6 is 0 Å². The van der Waals surface area contributed by atoms with E-state index in [-0.39, 0.29) is 0 Å². The lowest BCUT2D eigenvalue weighted by atomic mass is 10.1. The fourth-order valence-electron chi connectivity index (χ4n) is 2.07. The summed E-state index contributed by atoms with van der Waals surface area (Å²) in [5, 5.41) is 6.77. The summed E-state index contributed by atoms with van der Waals surface area (Å²) in [6, 6.07) is 12.6. The minimum absolute atomic E-state index is 0.356. The topological polar surface area (TPSA) is 49.8 Å². The number of nitrogens with one attached hydrogen (secondary N) is 2. The molecule has 0 aliphatic rings. The van der Waals surface area contributed by atoms with Crippen LogP contribution in [0.15, 0.2) is 36.4 Å². The zero-order valence-electron chi connectivity index (χ0n) is 13.8. The normalized spacial score (nSPS) is 12.0. The maximum absolute atomic E-state index is 4.66. The monoisotopic (exact) mass is 298 g/mol. The molecule has 1 aromatic carbocycles. The molecule has 0 radical (unpaired) electrons. The first-order valence-corrected chi connectivity index (χ1v) is 8.17. The molecular weight excluding hydrogens is 272 g/mol. The van der Waals surface area contributed by atoms with Crippen LogP contribution in [0.1, 0.15) is 40.0 Å². The lowest BCUT2D eigenvalue weighted by molar-refractivity contribution is 0.752. The number of rotatable bonds is 8. The van der Waals surface area contributed by atoms with E-state index in [0.29, 0.717) is 12.0 Å². The van der Waals surface area contributed by atoms with Crippen molar-refractivity contribution in [3.05, 3.63) is 36.4 Å². The van der Waals surface area contributed by atoms with Crippen LogP contribution in [0.3, 0.4) is 0 Å². The molecule has 4 nitrogen and oxygen atoms in total. The molecular formula is C18H26N4. The van der Waals surface area contributed by atoms with E-state index in [1.54, 1.807) is 0 Å². The van der Waals surface area contributed by atoms with Gasteiger partial charge < -0.3 is 10.6 Å². The number of hydrogen-bond donors (Lipinski definition) is 2. The third kappa shape index (κ3) is 4.72. The van der Waals surface area contributed by atoms with Gasteiger partial charge in [-0.3, -0.25) is 0 Å². The molecule has 1 unspecified atom stereocenters. The number of nitrogens with zero attached hydrogens (tertiary/aromatic N) is 2. The molecule has 0 saturated carbocycles. The highest BCUT2D eigenvalue weighted by molar-refractivity contribution is 5.64. The van der Waals surface area contributed by atoms with Crippen LogP contribution in [0, 0.1) is 0 Å². The summed E-state index contributed by atoms with van der Waals surface area (Å²) in [5.74, 6) is 1.57. The first-order chi connectivity index (χ1) is 10.7. The Morgan fingerprint density at radius 3 is 2.55 bits per heavy atom. The van der Waals surface area contributed by atoms with Crippen molar-refractivity contribution in [1.29, 1.82) is 0 Å². The van der Waals surface area contributed by atoms with Gasteiger partial charge in [0.1, 0.15) is 5.82 Å². The number of anilines is 2. The lowest BCUT2D eigenvalue weighted by Gasteiger charge is -2.14. The van der Waals surface area contributed by atoms with Gasteiger partial charge >= 0.3 is 0 Å². The molecule has 0 amide bonds. The van der Waals surface area contributed by atoms with Crippen LogP contribution in [0.2, 0.25) is 0 Å². The maximum Gasteiger partial charge on any atom is 0.225 e. The van der Waals surface area contributed by atoms with Crippen molar-refractivity contribution in [3.8, 4) is 11.3 Å². The summed E-state index contributed by atoms with van der Waals surface area (Å²) < 4.78 is 0. The molecule has 1 aromatic heterocycles. The van der Waals surface area contributed by atoms with Crippen molar-refractivity contribution in [2.75, 3.05) is 17.2 Å². The van der Waals surface area contributed by atoms with Gasteiger partial charge in [0.25, 0.3) is 0 Å². The Balaban J connectivity index is 2.27. The van der Waals surface area contributed by atoms with E-state index in [2.05, 4.69) is 53.5 Å². The molecule has 4 heteroatoms. The number of hydrogen-bond acceptors (Lipinski definition) is 4. The van der Waals surface area contributed by atoms with Gasteiger partial charge in [-0.1, -0.05) is 50.6 Å². The summed E-state index contributed by atoms with van der Waals surface area (Å²) in [6.45, 7) is 7.42. The molecule has 118 valence electrons.